The monoisotopic (exact) mass is 442 g/mol. The number of benzene rings is 2. The molecule has 0 aliphatic heterocycles. The summed E-state index contributed by atoms with van der Waals surface area (Å²) in [6.07, 6.45) is 5.04. The van der Waals surface area contributed by atoms with Crippen LogP contribution in [0, 0.1) is 11.8 Å². The summed E-state index contributed by atoms with van der Waals surface area (Å²) in [5.41, 5.74) is 2.45. The number of amides is 1. The molecule has 1 saturated carbocycles. The fourth-order valence-electron chi connectivity index (χ4n) is 5.21. The molecular formula is C27H30N4O2. The van der Waals surface area contributed by atoms with E-state index in [-0.39, 0.29) is 24.1 Å². The first-order valence-corrected chi connectivity index (χ1v) is 11.8. The normalized spacial score (nSPS) is 20.8. The second-order valence-corrected chi connectivity index (χ2v) is 9.40. The predicted molar refractivity (Wildman–Crippen MR) is 131 cm³/mol. The quantitative estimate of drug-likeness (QED) is 0.500. The van der Waals surface area contributed by atoms with Gasteiger partial charge in [0.1, 0.15) is 12.1 Å². The second-order valence-electron chi connectivity index (χ2n) is 9.40. The Morgan fingerprint density at radius 1 is 1.03 bits per heavy atom. The van der Waals surface area contributed by atoms with Gasteiger partial charge in [-0.3, -0.25) is 9.59 Å². The van der Waals surface area contributed by atoms with Crippen molar-refractivity contribution >= 4 is 27.7 Å². The van der Waals surface area contributed by atoms with Crippen LogP contribution in [-0.4, -0.2) is 26.3 Å². The topological polar surface area (TPSA) is 68.9 Å². The zero-order valence-corrected chi connectivity index (χ0v) is 19.2. The number of nitrogens with one attached hydrogen (secondary N) is 1. The van der Waals surface area contributed by atoms with E-state index in [2.05, 4.69) is 36.4 Å². The highest BCUT2D eigenvalue weighted by Gasteiger charge is 2.28. The van der Waals surface area contributed by atoms with E-state index < -0.39 is 0 Å². The van der Waals surface area contributed by atoms with Crippen molar-refractivity contribution in [1.29, 1.82) is 0 Å². The van der Waals surface area contributed by atoms with Crippen LogP contribution in [0.15, 0.2) is 65.6 Å². The SMILES string of the molecule is C[C@@H]1[C@H](C)CCC[C@H]1NC(=O)Cn1ncc2c3ccccc3n(Cc3ccccc3)c2c1=O. The van der Waals surface area contributed by atoms with E-state index in [4.69, 9.17) is 0 Å². The van der Waals surface area contributed by atoms with Crippen LogP contribution in [0.2, 0.25) is 0 Å². The highest BCUT2D eigenvalue weighted by molar-refractivity contribution is 6.07. The van der Waals surface area contributed by atoms with Crippen LogP contribution in [0.4, 0.5) is 0 Å². The van der Waals surface area contributed by atoms with Gasteiger partial charge in [0, 0.05) is 28.9 Å². The maximum Gasteiger partial charge on any atom is 0.291 e. The van der Waals surface area contributed by atoms with Gasteiger partial charge in [-0.15, -0.1) is 0 Å². The van der Waals surface area contributed by atoms with Crippen molar-refractivity contribution in [2.45, 2.75) is 52.2 Å². The Kier molecular flexibility index (Phi) is 5.75. The van der Waals surface area contributed by atoms with Crippen LogP contribution in [-0.2, 0) is 17.9 Å². The third-order valence-electron chi connectivity index (χ3n) is 7.30. The maximum atomic E-state index is 13.6. The molecule has 3 atom stereocenters. The van der Waals surface area contributed by atoms with Crippen molar-refractivity contribution < 1.29 is 4.79 Å². The van der Waals surface area contributed by atoms with Crippen molar-refractivity contribution in [3.63, 3.8) is 0 Å². The highest BCUT2D eigenvalue weighted by atomic mass is 16.2. The van der Waals surface area contributed by atoms with Crippen molar-refractivity contribution in [2.75, 3.05) is 0 Å². The van der Waals surface area contributed by atoms with Crippen molar-refractivity contribution in [1.82, 2.24) is 19.7 Å². The zero-order valence-electron chi connectivity index (χ0n) is 19.2. The molecule has 5 rings (SSSR count). The second kappa shape index (κ2) is 8.85. The Bertz CT molecular complexity index is 1360. The van der Waals surface area contributed by atoms with Gasteiger partial charge >= 0.3 is 0 Å². The van der Waals surface area contributed by atoms with E-state index in [0.717, 1.165) is 34.7 Å². The molecule has 2 aromatic heterocycles. The molecule has 2 heterocycles. The molecule has 6 heteroatoms. The Hall–Kier alpha value is -3.41. The molecule has 170 valence electrons. The summed E-state index contributed by atoms with van der Waals surface area (Å²) >= 11 is 0. The summed E-state index contributed by atoms with van der Waals surface area (Å²) in [4.78, 5) is 26.4. The molecule has 1 fully saturated rings. The van der Waals surface area contributed by atoms with Crippen LogP contribution in [0.5, 0.6) is 0 Å². The number of nitrogens with zero attached hydrogens (tertiary/aromatic N) is 3. The lowest BCUT2D eigenvalue weighted by atomic mass is 9.78. The summed E-state index contributed by atoms with van der Waals surface area (Å²) in [6, 6.07) is 18.3. The van der Waals surface area contributed by atoms with Crippen molar-refractivity contribution in [3.8, 4) is 0 Å². The van der Waals surface area contributed by atoms with E-state index >= 15 is 0 Å². The average molecular weight is 443 g/mol. The number of carbonyl (C=O) groups is 1. The lowest BCUT2D eigenvalue weighted by Gasteiger charge is -2.34. The molecule has 2 aromatic carbocycles. The number of aromatic nitrogens is 3. The lowest BCUT2D eigenvalue weighted by Crippen LogP contribution is -2.45. The van der Waals surface area contributed by atoms with Gasteiger partial charge in [-0.05, 0) is 29.9 Å². The van der Waals surface area contributed by atoms with E-state index in [1.807, 2.05) is 47.0 Å². The van der Waals surface area contributed by atoms with Crippen LogP contribution in [0.3, 0.4) is 0 Å². The van der Waals surface area contributed by atoms with Gasteiger partial charge in [0.2, 0.25) is 5.91 Å². The fraction of sp³-hybridized carbons (Fsp3) is 0.370. The molecule has 33 heavy (non-hydrogen) atoms. The minimum atomic E-state index is -0.236. The molecule has 1 aliphatic carbocycles. The van der Waals surface area contributed by atoms with Crippen molar-refractivity contribution in [2.24, 2.45) is 11.8 Å². The van der Waals surface area contributed by atoms with Crippen molar-refractivity contribution in [3.05, 3.63) is 76.7 Å². The number of para-hydroxylation sites is 1. The summed E-state index contributed by atoms with van der Waals surface area (Å²) < 4.78 is 3.35. The van der Waals surface area contributed by atoms with Crippen LogP contribution < -0.4 is 10.9 Å². The number of carbonyl (C=O) groups excluding carboxylic acids is 1. The fourth-order valence-corrected chi connectivity index (χ4v) is 5.21. The summed E-state index contributed by atoms with van der Waals surface area (Å²) in [5.74, 6) is 0.874. The largest absolute Gasteiger partial charge is 0.351 e. The predicted octanol–water partition coefficient (Wildman–Crippen LogP) is 4.34. The molecule has 1 N–H and O–H groups in total. The van der Waals surface area contributed by atoms with Gasteiger partial charge < -0.3 is 9.88 Å². The molecule has 1 aliphatic rings. The van der Waals surface area contributed by atoms with Gasteiger partial charge in [-0.1, -0.05) is 75.2 Å². The Morgan fingerprint density at radius 2 is 1.79 bits per heavy atom. The van der Waals surface area contributed by atoms with Gasteiger partial charge in [0.25, 0.3) is 5.56 Å². The van der Waals surface area contributed by atoms with Crippen LogP contribution in [0.1, 0.15) is 38.7 Å². The standard InChI is InChI=1S/C27H30N4O2/c1-18-9-8-13-23(19(18)2)29-25(32)17-31-27(33)26-22(15-28-31)21-12-6-7-14-24(21)30(26)16-20-10-4-3-5-11-20/h3-7,10-12,14-15,18-19,23H,8-9,13,16-17H2,1-2H3,(H,29,32)/t18-,19-,23-/m1/s1. The summed E-state index contributed by atoms with van der Waals surface area (Å²) in [6.45, 7) is 4.95. The maximum absolute atomic E-state index is 13.6. The van der Waals surface area contributed by atoms with E-state index in [0.29, 0.717) is 23.9 Å². The van der Waals surface area contributed by atoms with Crippen LogP contribution >= 0.6 is 0 Å². The third-order valence-corrected chi connectivity index (χ3v) is 7.30. The third kappa shape index (κ3) is 4.06. The Morgan fingerprint density at radius 3 is 2.61 bits per heavy atom. The number of rotatable bonds is 5. The zero-order chi connectivity index (χ0) is 22.9. The van der Waals surface area contributed by atoms with E-state index in [1.54, 1.807) is 6.20 Å². The molecule has 0 spiro atoms. The first-order chi connectivity index (χ1) is 16.0. The van der Waals surface area contributed by atoms with E-state index in [1.165, 1.54) is 11.1 Å². The number of hydrogen-bond acceptors (Lipinski definition) is 3. The van der Waals surface area contributed by atoms with Gasteiger partial charge in [0.15, 0.2) is 0 Å². The number of hydrogen-bond donors (Lipinski definition) is 1. The molecule has 0 bridgehead atoms. The molecule has 6 nitrogen and oxygen atoms in total. The Balaban J connectivity index is 1.50. The Labute approximate surface area is 193 Å². The highest BCUT2D eigenvalue weighted by Crippen LogP contribution is 2.30. The van der Waals surface area contributed by atoms with Gasteiger partial charge in [-0.2, -0.15) is 5.10 Å². The van der Waals surface area contributed by atoms with E-state index in [9.17, 15) is 9.59 Å². The summed E-state index contributed by atoms with van der Waals surface area (Å²) in [5, 5.41) is 9.34. The number of fused-ring (bicyclic) bond motifs is 3. The molecular weight excluding hydrogens is 412 g/mol. The minimum Gasteiger partial charge on any atom is -0.351 e. The molecule has 4 aromatic rings. The summed E-state index contributed by atoms with van der Waals surface area (Å²) in [7, 11) is 0. The first-order valence-electron chi connectivity index (χ1n) is 11.8. The molecule has 1 amide bonds. The minimum absolute atomic E-state index is 0.0702. The lowest BCUT2D eigenvalue weighted by molar-refractivity contribution is -0.123. The van der Waals surface area contributed by atoms with Gasteiger partial charge in [0.05, 0.1) is 6.20 Å². The molecule has 0 unspecified atom stereocenters. The average Bonchev–Trinajstić information content (AvgIpc) is 3.14. The smallest absolute Gasteiger partial charge is 0.291 e. The molecule has 0 saturated heterocycles. The van der Waals surface area contributed by atoms with Gasteiger partial charge in [-0.25, -0.2) is 4.68 Å². The van der Waals surface area contributed by atoms with Crippen LogP contribution in [0.25, 0.3) is 21.8 Å². The molecule has 0 radical (unpaired) electrons. The first kappa shape index (κ1) is 21.4.